The first-order valence-electron chi connectivity index (χ1n) is 6.09. The number of sulfonamides is 1. The summed E-state index contributed by atoms with van der Waals surface area (Å²) in [6.45, 7) is 0.381. The Bertz CT molecular complexity index is 591. The molecule has 0 unspecified atom stereocenters. The lowest BCUT2D eigenvalue weighted by atomic mass is 10.2. The quantitative estimate of drug-likeness (QED) is 0.392. The summed E-state index contributed by atoms with van der Waals surface area (Å²) in [7, 11) is -3.71. The Balaban J connectivity index is 2.66. The van der Waals surface area contributed by atoms with Crippen LogP contribution in [0.3, 0.4) is 0 Å². The Morgan fingerprint density at radius 1 is 1.33 bits per heavy atom. The molecule has 0 atom stereocenters. The number of carboxylic acid groups (broad SMARTS) is 1. The van der Waals surface area contributed by atoms with Crippen LogP contribution in [-0.4, -0.2) is 49.3 Å². The maximum atomic E-state index is 12.1. The van der Waals surface area contributed by atoms with E-state index in [1.54, 1.807) is 11.8 Å². The Kier molecular flexibility index (Phi) is 7.95. The summed E-state index contributed by atoms with van der Waals surface area (Å²) in [6, 6.07) is 4.01. The zero-order chi connectivity index (χ0) is 15.9. The number of benzene rings is 1. The van der Waals surface area contributed by atoms with Crippen molar-refractivity contribution in [2.75, 3.05) is 24.7 Å². The summed E-state index contributed by atoms with van der Waals surface area (Å²) in [5.41, 5.74) is -0.0317. The van der Waals surface area contributed by atoms with Gasteiger partial charge in [0.15, 0.2) is 0 Å². The Morgan fingerprint density at radius 2 is 2.05 bits per heavy atom. The largest absolute Gasteiger partial charge is 0.478 e. The Hall–Kier alpha value is -0.360. The molecule has 0 saturated heterocycles. The topological polar surface area (TPSA) is 104 Å². The van der Waals surface area contributed by atoms with E-state index in [0.717, 1.165) is 11.8 Å². The van der Waals surface area contributed by atoms with E-state index in [1.165, 1.54) is 12.1 Å². The molecular weight excluding hydrogens is 429 g/mol. The van der Waals surface area contributed by atoms with Crippen LogP contribution in [0.5, 0.6) is 0 Å². The minimum atomic E-state index is -3.71. The van der Waals surface area contributed by atoms with E-state index in [0.29, 0.717) is 15.7 Å². The fraction of sp³-hybridized carbons (Fsp3) is 0.417. The van der Waals surface area contributed by atoms with Gasteiger partial charge in [-0.1, -0.05) is 0 Å². The van der Waals surface area contributed by atoms with Gasteiger partial charge in [0.05, 0.1) is 10.5 Å². The Labute approximate surface area is 141 Å². The van der Waals surface area contributed by atoms with Gasteiger partial charge in [-0.25, -0.2) is 17.9 Å². The molecular formula is C12H16INO5S2. The van der Waals surface area contributed by atoms with Crippen molar-refractivity contribution in [1.29, 1.82) is 0 Å². The average molecular weight is 445 g/mol. The van der Waals surface area contributed by atoms with Gasteiger partial charge in [0.1, 0.15) is 0 Å². The SMILES string of the molecule is O=C(O)c1cc(S(=O)(=O)NCCSCCCO)ccc1I. The van der Waals surface area contributed by atoms with E-state index in [9.17, 15) is 13.2 Å². The van der Waals surface area contributed by atoms with Crippen molar-refractivity contribution >= 4 is 50.3 Å². The molecule has 0 aliphatic carbocycles. The molecule has 0 aliphatic rings. The molecule has 21 heavy (non-hydrogen) atoms. The zero-order valence-electron chi connectivity index (χ0n) is 11.1. The molecule has 0 bridgehead atoms. The number of nitrogens with one attached hydrogen (secondary N) is 1. The van der Waals surface area contributed by atoms with Crippen LogP contribution in [0.15, 0.2) is 23.1 Å². The number of aromatic carboxylic acids is 1. The lowest BCUT2D eigenvalue weighted by Crippen LogP contribution is -2.26. The van der Waals surface area contributed by atoms with Crippen LogP contribution in [0.2, 0.25) is 0 Å². The number of aliphatic hydroxyl groups excluding tert-OH is 1. The molecule has 9 heteroatoms. The van der Waals surface area contributed by atoms with E-state index in [2.05, 4.69) is 4.72 Å². The van der Waals surface area contributed by atoms with E-state index in [-0.39, 0.29) is 23.6 Å². The lowest BCUT2D eigenvalue weighted by Gasteiger charge is -2.08. The second kappa shape index (κ2) is 8.93. The van der Waals surface area contributed by atoms with E-state index >= 15 is 0 Å². The fourth-order valence-corrected chi connectivity index (χ4v) is 3.97. The Morgan fingerprint density at radius 3 is 2.67 bits per heavy atom. The van der Waals surface area contributed by atoms with E-state index in [1.807, 2.05) is 22.6 Å². The first-order chi connectivity index (χ1) is 9.88. The summed E-state index contributed by atoms with van der Waals surface area (Å²) < 4.78 is 27.0. The van der Waals surface area contributed by atoms with Crippen molar-refractivity contribution < 1.29 is 23.4 Å². The highest BCUT2D eigenvalue weighted by atomic mass is 127. The molecule has 6 nitrogen and oxygen atoms in total. The van der Waals surface area contributed by atoms with Gasteiger partial charge in [0, 0.05) is 22.5 Å². The minimum absolute atomic E-state index is 0.0317. The van der Waals surface area contributed by atoms with Crippen LogP contribution in [-0.2, 0) is 10.0 Å². The van der Waals surface area contributed by atoms with E-state index < -0.39 is 16.0 Å². The van der Waals surface area contributed by atoms with Crippen LogP contribution in [0.25, 0.3) is 0 Å². The smallest absolute Gasteiger partial charge is 0.336 e. The van der Waals surface area contributed by atoms with Gasteiger partial charge in [-0.3, -0.25) is 0 Å². The number of carboxylic acids is 1. The first kappa shape index (κ1) is 18.7. The zero-order valence-corrected chi connectivity index (χ0v) is 14.9. The maximum Gasteiger partial charge on any atom is 0.336 e. The van der Waals surface area contributed by atoms with Gasteiger partial charge in [-0.05, 0) is 53.0 Å². The monoisotopic (exact) mass is 445 g/mol. The van der Waals surface area contributed by atoms with Crippen molar-refractivity contribution in [3.8, 4) is 0 Å². The third kappa shape index (κ3) is 6.10. The number of hydrogen-bond acceptors (Lipinski definition) is 5. The highest BCUT2D eigenvalue weighted by Gasteiger charge is 2.17. The second-order valence-electron chi connectivity index (χ2n) is 4.03. The molecule has 0 aromatic heterocycles. The summed E-state index contributed by atoms with van der Waals surface area (Å²) in [4.78, 5) is 11.0. The third-order valence-electron chi connectivity index (χ3n) is 2.46. The van der Waals surface area contributed by atoms with Crippen molar-refractivity contribution in [2.45, 2.75) is 11.3 Å². The molecule has 0 spiro atoms. The molecule has 0 saturated carbocycles. The summed E-state index contributed by atoms with van der Waals surface area (Å²) in [6.07, 6.45) is 0.677. The molecule has 0 heterocycles. The normalized spacial score (nSPS) is 11.5. The number of halogens is 1. The number of carbonyl (C=O) groups is 1. The van der Waals surface area contributed by atoms with Crippen molar-refractivity contribution in [3.05, 3.63) is 27.3 Å². The average Bonchev–Trinajstić information content (AvgIpc) is 2.42. The van der Waals surface area contributed by atoms with Gasteiger partial charge in [-0.2, -0.15) is 11.8 Å². The van der Waals surface area contributed by atoms with Crippen LogP contribution < -0.4 is 4.72 Å². The fourth-order valence-electron chi connectivity index (χ4n) is 1.44. The molecule has 1 aromatic rings. The molecule has 118 valence electrons. The van der Waals surface area contributed by atoms with Crippen LogP contribution in [0.1, 0.15) is 16.8 Å². The summed E-state index contributed by atoms with van der Waals surface area (Å²) in [5.74, 6) is 0.205. The summed E-state index contributed by atoms with van der Waals surface area (Å²) in [5, 5.41) is 17.6. The third-order valence-corrected chi connectivity index (χ3v) is 5.93. The molecule has 0 amide bonds. The molecule has 0 fully saturated rings. The summed E-state index contributed by atoms with van der Waals surface area (Å²) >= 11 is 3.39. The number of thioether (sulfide) groups is 1. The van der Waals surface area contributed by atoms with Crippen LogP contribution in [0, 0.1) is 3.57 Å². The predicted molar refractivity (Wildman–Crippen MR) is 90.3 cm³/mol. The van der Waals surface area contributed by atoms with Gasteiger partial charge in [-0.15, -0.1) is 0 Å². The van der Waals surface area contributed by atoms with Crippen LogP contribution >= 0.6 is 34.4 Å². The van der Waals surface area contributed by atoms with Gasteiger partial charge in [0.25, 0.3) is 0 Å². The first-order valence-corrected chi connectivity index (χ1v) is 9.81. The molecule has 3 N–H and O–H groups in total. The highest BCUT2D eigenvalue weighted by molar-refractivity contribution is 14.1. The molecule has 1 aromatic carbocycles. The predicted octanol–water partition coefficient (Wildman–Crippen LogP) is 1.38. The minimum Gasteiger partial charge on any atom is -0.478 e. The van der Waals surface area contributed by atoms with Crippen molar-refractivity contribution in [2.24, 2.45) is 0 Å². The number of hydrogen-bond donors (Lipinski definition) is 3. The van der Waals surface area contributed by atoms with E-state index in [4.69, 9.17) is 10.2 Å². The lowest BCUT2D eigenvalue weighted by molar-refractivity contribution is 0.0695. The highest BCUT2D eigenvalue weighted by Crippen LogP contribution is 2.18. The number of rotatable bonds is 9. The molecule has 0 radical (unpaired) electrons. The van der Waals surface area contributed by atoms with Crippen molar-refractivity contribution in [1.82, 2.24) is 4.72 Å². The molecule has 0 aliphatic heterocycles. The maximum absolute atomic E-state index is 12.1. The van der Waals surface area contributed by atoms with Gasteiger partial charge < -0.3 is 10.2 Å². The standard InChI is InChI=1S/C12H16INO5S2/c13-11-3-2-9(8-10(11)12(16)17)21(18,19)14-4-7-20-6-1-5-15/h2-3,8,14-15H,1,4-7H2,(H,16,17). The van der Waals surface area contributed by atoms with Crippen molar-refractivity contribution in [3.63, 3.8) is 0 Å². The van der Waals surface area contributed by atoms with Crippen LogP contribution in [0.4, 0.5) is 0 Å². The molecule has 1 rings (SSSR count). The number of aliphatic hydroxyl groups is 1. The van der Waals surface area contributed by atoms with Gasteiger partial charge >= 0.3 is 5.97 Å². The van der Waals surface area contributed by atoms with Gasteiger partial charge in [0.2, 0.25) is 10.0 Å². The second-order valence-corrected chi connectivity index (χ2v) is 8.19.